The molecule has 1 amide bonds. The summed E-state index contributed by atoms with van der Waals surface area (Å²) >= 11 is 0. The zero-order chi connectivity index (χ0) is 9.59. The lowest BCUT2D eigenvalue weighted by molar-refractivity contribution is -0.125. The van der Waals surface area contributed by atoms with Crippen LogP contribution in [0.5, 0.6) is 0 Å². The van der Waals surface area contributed by atoms with Crippen molar-refractivity contribution in [2.45, 2.75) is 25.8 Å². The van der Waals surface area contributed by atoms with Gasteiger partial charge >= 0.3 is 0 Å². The van der Waals surface area contributed by atoms with Crippen LogP contribution in [-0.2, 0) is 9.59 Å². The largest absolute Gasteiger partial charge is 0.512 e. The Hall–Kier alpha value is -1.32. The van der Waals surface area contributed by atoms with Crippen molar-refractivity contribution in [2.24, 2.45) is 0 Å². The number of ketones is 1. The molecule has 0 aromatic carbocycles. The normalized spacial score (nSPS) is 31.2. The lowest BCUT2D eigenvalue weighted by Crippen LogP contribution is -2.28. The summed E-state index contributed by atoms with van der Waals surface area (Å²) in [5.41, 5.74) is -0.00954. The van der Waals surface area contributed by atoms with E-state index in [-0.39, 0.29) is 29.1 Å². The van der Waals surface area contributed by atoms with Gasteiger partial charge in [0.2, 0.25) is 0 Å². The molecule has 0 saturated carbocycles. The number of Topliss-reactive ketones (excluding diaryl/α,β-unsaturated/α-hetero) is 1. The van der Waals surface area contributed by atoms with Crippen LogP contribution in [0.25, 0.3) is 0 Å². The fourth-order valence-electron chi connectivity index (χ4n) is 2.03. The van der Waals surface area contributed by atoms with Gasteiger partial charge in [-0.1, -0.05) is 0 Å². The second kappa shape index (κ2) is 2.58. The zero-order valence-electron chi connectivity index (χ0n) is 7.41. The van der Waals surface area contributed by atoms with Gasteiger partial charge in [0, 0.05) is 6.54 Å². The molecule has 4 heteroatoms. The highest BCUT2D eigenvalue weighted by Gasteiger charge is 2.46. The monoisotopic (exact) mass is 181 g/mol. The molecular formula is C9H11NO3. The predicted molar refractivity (Wildman–Crippen MR) is 45.1 cm³/mol. The van der Waals surface area contributed by atoms with Crippen LogP contribution in [0, 0.1) is 0 Å². The van der Waals surface area contributed by atoms with Gasteiger partial charge in [0.15, 0.2) is 5.78 Å². The Kier molecular flexibility index (Phi) is 1.65. The fourth-order valence-corrected chi connectivity index (χ4v) is 2.03. The van der Waals surface area contributed by atoms with Crippen LogP contribution in [0.2, 0.25) is 0 Å². The molecule has 2 aliphatic rings. The number of carbonyl (C=O) groups excluding carboxylic acids is 2. The van der Waals surface area contributed by atoms with Crippen molar-refractivity contribution < 1.29 is 14.7 Å². The fraction of sp³-hybridized carbons (Fsp3) is 0.556. The molecule has 0 spiro atoms. The molecule has 2 aliphatic heterocycles. The summed E-state index contributed by atoms with van der Waals surface area (Å²) in [5, 5.41) is 9.16. The third-order valence-corrected chi connectivity index (χ3v) is 2.64. The highest BCUT2D eigenvalue weighted by atomic mass is 16.3. The van der Waals surface area contributed by atoms with E-state index in [0.29, 0.717) is 6.54 Å². The summed E-state index contributed by atoms with van der Waals surface area (Å²) in [6, 6.07) is -0.287. The Morgan fingerprint density at radius 3 is 2.77 bits per heavy atom. The van der Waals surface area contributed by atoms with E-state index < -0.39 is 0 Å². The Morgan fingerprint density at radius 2 is 2.23 bits per heavy atom. The van der Waals surface area contributed by atoms with Crippen molar-refractivity contribution in [1.29, 1.82) is 0 Å². The average molecular weight is 181 g/mol. The molecular weight excluding hydrogens is 170 g/mol. The zero-order valence-corrected chi connectivity index (χ0v) is 7.41. The van der Waals surface area contributed by atoms with Crippen molar-refractivity contribution >= 4 is 11.7 Å². The Bertz CT molecular complexity index is 291. The first-order valence-electron chi connectivity index (χ1n) is 4.38. The molecule has 1 atom stereocenters. The van der Waals surface area contributed by atoms with Crippen molar-refractivity contribution in [3.8, 4) is 0 Å². The van der Waals surface area contributed by atoms with E-state index in [2.05, 4.69) is 0 Å². The van der Waals surface area contributed by atoms with Crippen LogP contribution in [0.3, 0.4) is 0 Å². The molecule has 0 bridgehead atoms. The van der Waals surface area contributed by atoms with E-state index in [1.807, 2.05) is 0 Å². The predicted octanol–water partition coefficient (Wildman–Crippen LogP) is 0.392. The van der Waals surface area contributed by atoms with E-state index in [1.165, 1.54) is 6.92 Å². The Morgan fingerprint density at radius 1 is 1.54 bits per heavy atom. The van der Waals surface area contributed by atoms with E-state index in [4.69, 9.17) is 5.11 Å². The standard InChI is InChI=1S/C9H11NO3/c1-5(11)7-8(12)6-3-2-4-10(6)9(7)13/h6,11H,2-4H2,1H3/b7-5-/t6-/m0/s1. The number of nitrogens with zero attached hydrogens (tertiary/aromatic N) is 1. The van der Waals surface area contributed by atoms with Gasteiger partial charge in [0.25, 0.3) is 5.91 Å². The van der Waals surface area contributed by atoms with Gasteiger partial charge in [-0.2, -0.15) is 0 Å². The van der Waals surface area contributed by atoms with E-state index in [0.717, 1.165) is 12.8 Å². The smallest absolute Gasteiger partial charge is 0.261 e. The quantitative estimate of drug-likeness (QED) is 0.334. The van der Waals surface area contributed by atoms with Crippen LogP contribution in [0.1, 0.15) is 19.8 Å². The summed E-state index contributed by atoms with van der Waals surface area (Å²) in [6.07, 6.45) is 1.63. The second-order valence-electron chi connectivity index (χ2n) is 3.48. The molecule has 4 nitrogen and oxygen atoms in total. The number of allylic oxidation sites excluding steroid dienone is 1. The molecule has 13 heavy (non-hydrogen) atoms. The summed E-state index contributed by atoms with van der Waals surface area (Å²) in [5.74, 6) is -0.653. The molecule has 0 unspecified atom stereocenters. The van der Waals surface area contributed by atoms with E-state index >= 15 is 0 Å². The highest BCUT2D eigenvalue weighted by molar-refractivity contribution is 6.26. The van der Waals surface area contributed by atoms with Crippen molar-refractivity contribution in [3.05, 3.63) is 11.3 Å². The van der Waals surface area contributed by atoms with Crippen LogP contribution >= 0.6 is 0 Å². The van der Waals surface area contributed by atoms with Crippen LogP contribution in [-0.4, -0.2) is 34.3 Å². The first kappa shape index (κ1) is 8.29. The van der Waals surface area contributed by atoms with Gasteiger partial charge in [-0.15, -0.1) is 0 Å². The minimum absolute atomic E-state index is 0.00954. The number of hydrogen-bond donors (Lipinski definition) is 1. The summed E-state index contributed by atoms with van der Waals surface area (Å²) in [7, 11) is 0. The van der Waals surface area contributed by atoms with Crippen LogP contribution in [0.15, 0.2) is 11.3 Å². The first-order chi connectivity index (χ1) is 6.13. The van der Waals surface area contributed by atoms with Crippen molar-refractivity contribution in [2.75, 3.05) is 6.54 Å². The highest BCUT2D eigenvalue weighted by Crippen LogP contribution is 2.30. The van der Waals surface area contributed by atoms with Gasteiger partial charge in [0.05, 0.1) is 6.04 Å². The maximum Gasteiger partial charge on any atom is 0.261 e. The van der Waals surface area contributed by atoms with Crippen molar-refractivity contribution in [3.63, 3.8) is 0 Å². The molecule has 1 N–H and O–H groups in total. The number of fused-ring (bicyclic) bond motifs is 1. The SMILES string of the molecule is C/C(O)=C1\C(=O)[C@@H]2CCCN2C1=O. The summed E-state index contributed by atoms with van der Waals surface area (Å²) < 4.78 is 0. The van der Waals surface area contributed by atoms with Gasteiger partial charge in [-0.3, -0.25) is 9.59 Å². The van der Waals surface area contributed by atoms with Gasteiger partial charge < -0.3 is 10.0 Å². The number of rotatable bonds is 0. The Labute approximate surface area is 75.8 Å². The average Bonchev–Trinajstić information content (AvgIpc) is 2.56. The minimum Gasteiger partial charge on any atom is -0.512 e. The van der Waals surface area contributed by atoms with Crippen LogP contribution in [0.4, 0.5) is 0 Å². The Balaban J connectivity index is 2.43. The molecule has 0 aromatic rings. The lowest BCUT2D eigenvalue weighted by atomic mass is 10.1. The maximum absolute atomic E-state index is 11.6. The number of aliphatic hydroxyl groups is 1. The molecule has 2 fully saturated rings. The first-order valence-corrected chi connectivity index (χ1v) is 4.38. The maximum atomic E-state index is 11.6. The third kappa shape index (κ3) is 0.978. The second-order valence-corrected chi connectivity index (χ2v) is 3.48. The molecule has 0 radical (unpaired) electrons. The lowest BCUT2D eigenvalue weighted by Gasteiger charge is -2.11. The molecule has 2 heterocycles. The number of aliphatic hydroxyl groups excluding tert-OH is 1. The minimum atomic E-state index is -0.299. The van der Waals surface area contributed by atoms with Gasteiger partial charge in [0.1, 0.15) is 11.3 Å². The summed E-state index contributed by atoms with van der Waals surface area (Å²) in [6.45, 7) is 2.03. The molecule has 0 aliphatic carbocycles. The van der Waals surface area contributed by atoms with Crippen molar-refractivity contribution in [1.82, 2.24) is 4.90 Å². The van der Waals surface area contributed by atoms with Gasteiger partial charge in [-0.05, 0) is 19.8 Å². The van der Waals surface area contributed by atoms with Crippen LogP contribution < -0.4 is 0 Å². The third-order valence-electron chi connectivity index (χ3n) is 2.64. The number of hydrogen-bond acceptors (Lipinski definition) is 3. The molecule has 2 saturated heterocycles. The van der Waals surface area contributed by atoms with E-state index in [1.54, 1.807) is 4.90 Å². The number of amides is 1. The summed E-state index contributed by atoms with van der Waals surface area (Å²) in [4.78, 5) is 24.6. The topological polar surface area (TPSA) is 57.6 Å². The van der Waals surface area contributed by atoms with Gasteiger partial charge in [-0.25, -0.2) is 0 Å². The molecule has 2 rings (SSSR count). The number of carbonyl (C=O) groups is 2. The van der Waals surface area contributed by atoms with E-state index in [9.17, 15) is 9.59 Å². The molecule has 0 aromatic heterocycles. The molecule has 70 valence electrons.